The largest absolute Gasteiger partial charge is 0.376 e. The molecule has 0 aliphatic rings. The van der Waals surface area contributed by atoms with Crippen LogP contribution in [0.2, 0.25) is 0 Å². The normalized spacial score (nSPS) is 12.1. The van der Waals surface area contributed by atoms with Gasteiger partial charge in [0.15, 0.2) is 16.2 Å². The Morgan fingerprint density at radius 2 is 2.00 bits per heavy atom. The zero-order chi connectivity index (χ0) is 9.84. The molecule has 4 N–H and O–H groups in total. The third-order valence-electron chi connectivity index (χ3n) is 1.32. The Balaban J connectivity index is 2.81. The Bertz CT molecular complexity index is 337. The predicted octanol–water partition coefficient (Wildman–Crippen LogP) is 0.923. The standard InChI is InChI=1S/C7H8N2O2S2/c8-7(12)9-5-1-3-6(4-2-5)13(10)11/h1-4H,(H,10,11)(H3,8,9,12). The molecule has 6 heteroatoms. The lowest BCUT2D eigenvalue weighted by Gasteiger charge is -2.02. The van der Waals surface area contributed by atoms with E-state index < -0.39 is 11.1 Å². The minimum atomic E-state index is -1.94. The van der Waals surface area contributed by atoms with Crippen LogP contribution in [0.15, 0.2) is 29.2 Å². The number of rotatable bonds is 2. The van der Waals surface area contributed by atoms with Gasteiger partial charge in [-0.3, -0.25) is 0 Å². The first-order valence-electron chi connectivity index (χ1n) is 3.37. The highest BCUT2D eigenvalue weighted by molar-refractivity contribution is 7.80. The zero-order valence-electron chi connectivity index (χ0n) is 6.56. The SMILES string of the molecule is NC(=S)Nc1ccc(S(=O)O)cc1. The molecular formula is C7H8N2O2S2. The Morgan fingerprint density at radius 1 is 1.46 bits per heavy atom. The highest BCUT2D eigenvalue weighted by Crippen LogP contribution is 2.11. The lowest BCUT2D eigenvalue weighted by Crippen LogP contribution is -2.18. The fraction of sp³-hybridized carbons (Fsp3) is 0. The fourth-order valence-electron chi connectivity index (χ4n) is 0.797. The summed E-state index contributed by atoms with van der Waals surface area (Å²) < 4.78 is 19.3. The van der Waals surface area contributed by atoms with Gasteiger partial charge < -0.3 is 15.6 Å². The smallest absolute Gasteiger partial charge is 0.186 e. The fourth-order valence-corrected chi connectivity index (χ4v) is 1.28. The van der Waals surface area contributed by atoms with Gasteiger partial charge >= 0.3 is 0 Å². The Kier molecular flexibility index (Phi) is 3.35. The number of nitrogens with two attached hydrogens (primary N) is 1. The first-order valence-corrected chi connectivity index (χ1v) is 4.88. The maximum Gasteiger partial charge on any atom is 0.186 e. The number of hydrogen-bond acceptors (Lipinski definition) is 2. The van der Waals surface area contributed by atoms with Crippen molar-refractivity contribution in [1.29, 1.82) is 0 Å². The van der Waals surface area contributed by atoms with Gasteiger partial charge in [0.1, 0.15) is 0 Å². The molecule has 0 saturated carbocycles. The quantitative estimate of drug-likeness (QED) is 0.506. The van der Waals surface area contributed by atoms with E-state index in [4.69, 9.17) is 10.3 Å². The van der Waals surface area contributed by atoms with Gasteiger partial charge in [-0.2, -0.15) is 0 Å². The second-order valence-corrected chi connectivity index (χ2v) is 3.67. The van der Waals surface area contributed by atoms with Crippen LogP contribution in [0.5, 0.6) is 0 Å². The summed E-state index contributed by atoms with van der Waals surface area (Å²) in [6.45, 7) is 0. The monoisotopic (exact) mass is 216 g/mol. The van der Waals surface area contributed by atoms with Gasteiger partial charge in [-0.25, -0.2) is 4.21 Å². The lowest BCUT2D eigenvalue weighted by molar-refractivity contribution is 0.564. The Hall–Kier alpha value is -0.980. The predicted molar refractivity (Wildman–Crippen MR) is 55.9 cm³/mol. The van der Waals surface area contributed by atoms with Gasteiger partial charge in [0, 0.05) is 5.69 Å². The average molecular weight is 216 g/mol. The summed E-state index contributed by atoms with van der Waals surface area (Å²) in [5, 5.41) is 2.86. The summed E-state index contributed by atoms with van der Waals surface area (Å²) in [7, 11) is 0. The van der Waals surface area contributed by atoms with E-state index in [-0.39, 0.29) is 5.11 Å². The maximum absolute atomic E-state index is 10.6. The number of thiocarbonyl (C=S) groups is 1. The van der Waals surface area contributed by atoms with Crippen molar-refractivity contribution in [3.05, 3.63) is 24.3 Å². The highest BCUT2D eigenvalue weighted by atomic mass is 32.2. The van der Waals surface area contributed by atoms with Gasteiger partial charge in [-0.05, 0) is 36.5 Å². The van der Waals surface area contributed by atoms with Gasteiger partial charge in [-0.1, -0.05) is 0 Å². The summed E-state index contributed by atoms with van der Waals surface area (Å²) in [6, 6.07) is 6.30. The van der Waals surface area contributed by atoms with Crippen molar-refractivity contribution in [3.8, 4) is 0 Å². The number of benzene rings is 1. The molecule has 4 nitrogen and oxygen atoms in total. The molecule has 0 fully saturated rings. The van der Waals surface area contributed by atoms with E-state index in [0.717, 1.165) is 0 Å². The van der Waals surface area contributed by atoms with Crippen molar-refractivity contribution < 1.29 is 8.76 Å². The van der Waals surface area contributed by atoms with Crippen LogP contribution in [0.25, 0.3) is 0 Å². The minimum Gasteiger partial charge on any atom is -0.376 e. The van der Waals surface area contributed by atoms with Crippen LogP contribution in [-0.4, -0.2) is 13.9 Å². The van der Waals surface area contributed by atoms with Crippen molar-refractivity contribution in [1.82, 2.24) is 0 Å². The number of nitrogens with one attached hydrogen (secondary N) is 1. The first-order chi connectivity index (χ1) is 6.09. The van der Waals surface area contributed by atoms with Gasteiger partial charge in [0.05, 0.1) is 4.90 Å². The lowest BCUT2D eigenvalue weighted by atomic mass is 10.3. The van der Waals surface area contributed by atoms with Crippen molar-refractivity contribution in [3.63, 3.8) is 0 Å². The molecular weight excluding hydrogens is 208 g/mol. The second-order valence-electron chi connectivity index (χ2n) is 2.26. The van der Waals surface area contributed by atoms with Crippen LogP contribution in [0.4, 0.5) is 5.69 Å². The highest BCUT2D eigenvalue weighted by Gasteiger charge is 1.98. The second kappa shape index (κ2) is 4.31. The van der Waals surface area contributed by atoms with E-state index in [1.54, 1.807) is 12.1 Å². The molecule has 0 bridgehead atoms. The third-order valence-corrected chi connectivity index (χ3v) is 2.10. The van der Waals surface area contributed by atoms with Crippen molar-refractivity contribution in [2.24, 2.45) is 5.73 Å². The van der Waals surface area contributed by atoms with E-state index in [2.05, 4.69) is 17.5 Å². The summed E-state index contributed by atoms with van der Waals surface area (Å²) in [5.41, 5.74) is 5.93. The van der Waals surface area contributed by atoms with Gasteiger partial charge in [0.25, 0.3) is 0 Å². The molecule has 1 aromatic rings. The summed E-state index contributed by atoms with van der Waals surface area (Å²) >= 11 is 2.68. The molecule has 1 rings (SSSR count). The number of anilines is 1. The average Bonchev–Trinajstić information content (AvgIpc) is 2.04. The van der Waals surface area contributed by atoms with Crippen molar-refractivity contribution in [2.45, 2.75) is 4.90 Å². The molecule has 0 heterocycles. The van der Waals surface area contributed by atoms with E-state index >= 15 is 0 Å². The first kappa shape index (κ1) is 10.1. The van der Waals surface area contributed by atoms with Gasteiger partial charge in [0.2, 0.25) is 0 Å². The van der Waals surface area contributed by atoms with Crippen LogP contribution < -0.4 is 11.1 Å². The maximum atomic E-state index is 10.6. The van der Waals surface area contributed by atoms with E-state index in [1.807, 2.05) is 0 Å². The molecule has 0 radical (unpaired) electrons. The Morgan fingerprint density at radius 3 is 2.38 bits per heavy atom. The molecule has 1 aromatic carbocycles. The molecule has 0 aliphatic heterocycles. The van der Waals surface area contributed by atoms with E-state index in [9.17, 15) is 4.21 Å². The summed E-state index contributed by atoms with van der Waals surface area (Å²) in [5.74, 6) is 0. The molecule has 0 amide bonds. The molecule has 0 saturated heterocycles. The van der Waals surface area contributed by atoms with E-state index in [0.29, 0.717) is 10.6 Å². The third kappa shape index (κ3) is 3.10. The zero-order valence-corrected chi connectivity index (χ0v) is 8.19. The Labute approximate surface area is 83.4 Å². The molecule has 1 atom stereocenters. The van der Waals surface area contributed by atoms with E-state index in [1.165, 1.54) is 12.1 Å². The van der Waals surface area contributed by atoms with Crippen LogP contribution >= 0.6 is 12.2 Å². The molecule has 1 unspecified atom stereocenters. The minimum absolute atomic E-state index is 0.165. The molecule has 0 spiro atoms. The van der Waals surface area contributed by atoms with Crippen molar-refractivity contribution >= 4 is 34.1 Å². The molecule has 0 aromatic heterocycles. The van der Waals surface area contributed by atoms with Crippen LogP contribution in [-0.2, 0) is 11.1 Å². The molecule has 70 valence electrons. The van der Waals surface area contributed by atoms with Crippen LogP contribution in [0.1, 0.15) is 0 Å². The van der Waals surface area contributed by atoms with Crippen LogP contribution in [0, 0.1) is 0 Å². The van der Waals surface area contributed by atoms with Crippen molar-refractivity contribution in [2.75, 3.05) is 5.32 Å². The molecule has 0 aliphatic carbocycles. The number of hydrogen-bond donors (Lipinski definition) is 3. The summed E-state index contributed by atoms with van der Waals surface area (Å²) in [4.78, 5) is 0.341. The van der Waals surface area contributed by atoms with Crippen LogP contribution in [0.3, 0.4) is 0 Å². The molecule has 13 heavy (non-hydrogen) atoms. The topological polar surface area (TPSA) is 75.3 Å². The summed E-state index contributed by atoms with van der Waals surface area (Å²) in [6.07, 6.45) is 0. The van der Waals surface area contributed by atoms with Gasteiger partial charge in [-0.15, -0.1) is 0 Å².